The number of hydrogen-bond donors (Lipinski definition) is 2. The molecule has 0 saturated carbocycles. The van der Waals surface area contributed by atoms with Crippen LogP contribution in [-0.2, 0) is 10.0 Å². The number of carbonyl (C=O) groups is 1. The van der Waals surface area contributed by atoms with Crippen molar-refractivity contribution in [3.63, 3.8) is 0 Å². The maximum Gasteiger partial charge on any atom is 0.337 e. The van der Waals surface area contributed by atoms with Crippen molar-refractivity contribution in [1.29, 1.82) is 0 Å². The van der Waals surface area contributed by atoms with Gasteiger partial charge in [-0.1, -0.05) is 23.2 Å². The molecule has 0 saturated heterocycles. The number of halogens is 2. The fraction of sp³-hybridized carbons (Fsp3) is 0. The largest absolute Gasteiger partial charge is 0.478 e. The molecular weight excluding hydrogens is 347 g/mol. The van der Waals surface area contributed by atoms with E-state index in [9.17, 15) is 13.2 Å². The number of carboxylic acids is 1. The number of sulfonamides is 1. The summed E-state index contributed by atoms with van der Waals surface area (Å²) in [6.45, 7) is 0. The van der Waals surface area contributed by atoms with Crippen molar-refractivity contribution < 1.29 is 18.3 Å². The van der Waals surface area contributed by atoms with Crippen molar-refractivity contribution in [2.24, 2.45) is 0 Å². The van der Waals surface area contributed by atoms with Gasteiger partial charge in [0, 0.05) is 6.20 Å². The molecule has 0 aliphatic heterocycles. The standard InChI is InChI=1S/C10H6Cl2N2O4S2/c11-7-3-6(9(12)19-7)20(17,18)14-8-2-1-5(4-13-8)10(15)16/h1-4H,(H,13,14)(H,15,16). The zero-order chi connectivity index (χ0) is 14.9. The topological polar surface area (TPSA) is 96.4 Å². The van der Waals surface area contributed by atoms with Gasteiger partial charge in [0.2, 0.25) is 0 Å². The van der Waals surface area contributed by atoms with Crippen LogP contribution in [0.3, 0.4) is 0 Å². The van der Waals surface area contributed by atoms with Crippen molar-refractivity contribution in [3.8, 4) is 0 Å². The van der Waals surface area contributed by atoms with Gasteiger partial charge in [0.1, 0.15) is 15.0 Å². The van der Waals surface area contributed by atoms with Gasteiger partial charge in [-0.3, -0.25) is 4.72 Å². The first-order chi connectivity index (χ1) is 9.29. The summed E-state index contributed by atoms with van der Waals surface area (Å²) in [7, 11) is -3.92. The lowest BCUT2D eigenvalue weighted by molar-refractivity contribution is 0.0696. The molecule has 10 heteroatoms. The highest BCUT2D eigenvalue weighted by atomic mass is 35.5. The van der Waals surface area contributed by atoms with Crippen LogP contribution in [0, 0.1) is 0 Å². The van der Waals surface area contributed by atoms with Gasteiger partial charge >= 0.3 is 5.97 Å². The average Bonchev–Trinajstić information content (AvgIpc) is 2.69. The molecule has 2 N–H and O–H groups in total. The van der Waals surface area contributed by atoms with Crippen molar-refractivity contribution in [2.75, 3.05) is 4.72 Å². The van der Waals surface area contributed by atoms with Gasteiger partial charge in [0.25, 0.3) is 10.0 Å². The van der Waals surface area contributed by atoms with Gasteiger partial charge in [-0.2, -0.15) is 0 Å². The summed E-state index contributed by atoms with van der Waals surface area (Å²) in [4.78, 5) is 14.2. The monoisotopic (exact) mass is 352 g/mol. The summed E-state index contributed by atoms with van der Waals surface area (Å²) >= 11 is 12.4. The van der Waals surface area contributed by atoms with Gasteiger partial charge in [-0.05, 0) is 18.2 Å². The van der Waals surface area contributed by atoms with Crippen molar-refractivity contribution >= 4 is 56.3 Å². The fourth-order valence-corrected chi connectivity index (χ4v) is 4.44. The van der Waals surface area contributed by atoms with E-state index >= 15 is 0 Å². The van der Waals surface area contributed by atoms with E-state index in [1.165, 1.54) is 18.2 Å². The maximum absolute atomic E-state index is 12.1. The molecule has 2 aromatic heterocycles. The Morgan fingerprint density at radius 2 is 2.05 bits per heavy atom. The molecule has 0 amide bonds. The first kappa shape index (κ1) is 15.0. The van der Waals surface area contributed by atoms with Crippen LogP contribution < -0.4 is 4.72 Å². The van der Waals surface area contributed by atoms with Crippen molar-refractivity contribution in [2.45, 2.75) is 4.90 Å². The Labute approximate surface area is 128 Å². The van der Waals surface area contributed by atoms with Crippen LogP contribution in [0.25, 0.3) is 0 Å². The normalized spacial score (nSPS) is 11.3. The SMILES string of the molecule is O=C(O)c1ccc(NS(=O)(=O)c2cc(Cl)sc2Cl)nc1. The molecule has 0 unspecified atom stereocenters. The third-order valence-corrected chi connectivity index (χ3v) is 5.27. The second-order valence-electron chi connectivity index (χ2n) is 3.53. The van der Waals surface area contributed by atoms with Gasteiger partial charge in [-0.15, -0.1) is 11.3 Å². The quantitative estimate of drug-likeness (QED) is 0.881. The van der Waals surface area contributed by atoms with Gasteiger partial charge < -0.3 is 5.11 Å². The summed E-state index contributed by atoms with van der Waals surface area (Å²) < 4.78 is 26.6. The van der Waals surface area contributed by atoms with Gasteiger partial charge in [-0.25, -0.2) is 18.2 Å². The number of nitrogens with one attached hydrogen (secondary N) is 1. The van der Waals surface area contributed by atoms with E-state index in [0.29, 0.717) is 0 Å². The number of anilines is 1. The Hall–Kier alpha value is -1.35. The van der Waals surface area contributed by atoms with Gasteiger partial charge in [0.05, 0.1) is 9.90 Å². The minimum atomic E-state index is -3.92. The number of rotatable bonds is 4. The molecule has 0 radical (unpaired) electrons. The molecule has 0 aromatic carbocycles. The van der Waals surface area contributed by atoms with Crippen LogP contribution in [0.15, 0.2) is 29.3 Å². The van der Waals surface area contributed by atoms with E-state index in [4.69, 9.17) is 28.3 Å². The van der Waals surface area contributed by atoms with Crippen LogP contribution in [0.2, 0.25) is 8.67 Å². The summed E-state index contributed by atoms with van der Waals surface area (Å²) in [5.74, 6) is -1.17. The number of nitrogens with zero attached hydrogens (tertiary/aromatic N) is 1. The van der Waals surface area contributed by atoms with Crippen molar-refractivity contribution in [3.05, 3.63) is 38.6 Å². The molecular formula is C10H6Cl2N2O4S2. The summed E-state index contributed by atoms with van der Waals surface area (Å²) in [6, 6.07) is 3.70. The van der Waals surface area contributed by atoms with E-state index in [0.717, 1.165) is 17.5 Å². The molecule has 0 bridgehead atoms. The molecule has 0 fully saturated rings. The molecule has 0 atom stereocenters. The van der Waals surface area contributed by atoms with E-state index < -0.39 is 16.0 Å². The molecule has 106 valence electrons. The van der Waals surface area contributed by atoms with Crippen LogP contribution >= 0.6 is 34.5 Å². The van der Waals surface area contributed by atoms with E-state index in [1.54, 1.807) is 0 Å². The minimum Gasteiger partial charge on any atom is -0.478 e. The Morgan fingerprint density at radius 1 is 1.35 bits per heavy atom. The number of hydrogen-bond acceptors (Lipinski definition) is 5. The zero-order valence-electron chi connectivity index (χ0n) is 9.50. The maximum atomic E-state index is 12.1. The molecule has 20 heavy (non-hydrogen) atoms. The lowest BCUT2D eigenvalue weighted by Gasteiger charge is -2.06. The summed E-state index contributed by atoms with van der Waals surface area (Å²) in [5, 5.41) is 8.72. The highest BCUT2D eigenvalue weighted by Gasteiger charge is 2.21. The predicted octanol–water partition coefficient (Wildman–Crippen LogP) is 2.95. The van der Waals surface area contributed by atoms with Crippen LogP contribution in [0.4, 0.5) is 5.82 Å². The number of carboxylic acid groups (broad SMARTS) is 1. The van der Waals surface area contributed by atoms with Crippen LogP contribution in [0.1, 0.15) is 10.4 Å². The molecule has 2 aromatic rings. The van der Waals surface area contributed by atoms with Gasteiger partial charge in [0.15, 0.2) is 0 Å². The molecule has 0 aliphatic carbocycles. The Bertz CT molecular complexity index is 756. The third kappa shape index (κ3) is 3.21. The van der Waals surface area contributed by atoms with Crippen LogP contribution in [0.5, 0.6) is 0 Å². The number of thiophene rings is 1. The van der Waals surface area contributed by atoms with Crippen LogP contribution in [-0.4, -0.2) is 24.5 Å². The Kier molecular flexibility index (Phi) is 4.19. The molecule has 0 spiro atoms. The second-order valence-corrected chi connectivity index (χ2v) is 7.47. The average molecular weight is 353 g/mol. The highest BCUT2D eigenvalue weighted by molar-refractivity contribution is 7.93. The van der Waals surface area contributed by atoms with E-state index in [2.05, 4.69) is 9.71 Å². The van der Waals surface area contributed by atoms with E-state index in [1.807, 2.05) is 0 Å². The lowest BCUT2D eigenvalue weighted by Crippen LogP contribution is -2.13. The lowest BCUT2D eigenvalue weighted by atomic mass is 10.3. The number of pyridine rings is 1. The Morgan fingerprint density at radius 3 is 2.50 bits per heavy atom. The zero-order valence-corrected chi connectivity index (χ0v) is 12.6. The predicted molar refractivity (Wildman–Crippen MR) is 76.3 cm³/mol. The van der Waals surface area contributed by atoms with Crippen molar-refractivity contribution in [1.82, 2.24) is 4.98 Å². The summed E-state index contributed by atoms with van der Waals surface area (Å²) in [5.41, 5.74) is -0.0513. The molecule has 6 nitrogen and oxygen atoms in total. The molecule has 2 heterocycles. The van der Waals surface area contributed by atoms with E-state index in [-0.39, 0.29) is 24.9 Å². The smallest absolute Gasteiger partial charge is 0.337 e. The first-order valence-electron chi connectivity index (χ1n) is 4.96. The minimum absolute atomic E-state index is 0.0200. The molecule has 0 aliphatic rings. The fourth-order valence-electron chi connectivity index (χ4n) is 1.28. The first-order valence-corrected chi connectivity index (χ1v) is 8.02. The third-order valence-electron chi connectivity index (χ3n) is 2.16. The Balaban J connectivity index is 2.28. The number of aromatic carboxylic acids is 1. The number of aromatic nitrogens is 1. The second kappa shape index (κ2) is 5.57. The molecule has 2 rings (SSSR count). The highest BCUT2D eigenvalue weighted by Crippen LogP contribution is 2.34. The summed E-state index contributed by atoms with van der Waals surface area (Å²) in [6.07, 6.45) is 1.04.